The fraction of sp³-hybridized carbons (Fsp3) is 0.161. The Kier molecular flexibility index (Phi) is 4.25. The lowest BCUT2D eigenvalue weighted by Gasteiger charge is -2.40. The molecule has 2 amide bonds. The molecule has 1 N–H and O–H groups in total. The summed E-state index contributed by atoms with van der Waals surface area (Å²) in [5, 5.41) is 3.15. The van der Waals surface area contributed by atoms with Gasteiger partial charge in [-0.3, -0.25) is 9.59 Å². The minimum atomic E-state index is -1.05. The van der Waals surface area contributed by atoms with E-state index in [2.05, 4.69) is 28.4 Å². The SMILES string of the molecule is CN1C(=O)[C@]2(C[C@@]3(C(=O)Nc4ccccc43)N(c3ccccc3)[C@@H]2c2ccccc2)c2ccccc21. The molecule has 36 heavy (non-hydrogen) atoms. The van der Waals surface area contributed by atoms with Crippen molar-refractivity contribution in [3.63, 3.8) is 0 Å². The number of hydrogen-bond acceptors (Lipinski definition) is 3. The molecule has 0 bridgehead atoms. The summed E-state index contributed by atoms with van der Waals surface area (Å²) in [6.45, 7) is 0. The van der Waals surface area contributed by atoms with Gasteiger partial charge in [-0.05, 0) is 35.4 Å². The number of fused-ring (bicyclic) bond motifs is 4. The number of anilines is 3. The Morgan fingerprint density at radius 2 is 1.36 bits per heavy atom. The van der Waals surface area contributed by atoms with Gasteiger partial charge >= 0.3 is 0 Å². The van der Waals surface area contributed by atoms with Crippen molar-refractivity contribution in [2.24, 2.45) is 0 Å². The predicted molar refractivity (Wildman–Crippen MR) is 141 cm³/mol. The van der Waals surface area contributed by atoms with E-state index in [0.29, 0.717) is 6.42 Å². The molecular weight excluding hydrogens is 446 g/mol. The van der Waals surface area contributed by atoms with Crippen molar-refractivity contribution in [1.29, 1.82) is 0 Å². The number of likely N-dealkylation sites (N-methyl/N-ethyl adjacent to an activating group) is 1. The number of amides is 2. The standard InChI is InChI=1S/C31H25N3O2/c1-33-26-19-11-9-17-24(26)30(29(33)36)20-31(23-16-8-10-18-25(23)32-28(31)35)34(22-14-6-3-7-15-22)27(30)21-12-4-2-5-13-21/h2-19,27H,20H2,1H3,(H,32,35)/t27-,30-,31-/m1/s1. The molecule has 1 saturated heterocycles. The summed E-state index contributed by atoms with van der Waals surface area (Å²) in [6, 6.07) is 35.7. The maximum Gasteiger partial charge on any atom is 0.255 e. The molecule has 3 aliphatic heterocycles. The third-order valence-electron chi connectivity index (χ3n) is 8.25. The number of carbonyl (C=O) groups is 2. The van der Waals surface area contributed by atoms with Crippen LogP contribution in [-0.4, -0.2) is 18.9 Å². The highest BCUT2D eigenvalue weighted by Crippen LogP contribution is 2.66. The zero-order valence-corrected chi connectivity index (χ0v) is 19.9. The summed E-state index contributed by atoms with van der Waals surface area (Å²) in [4.78, 5) is 32.6. The van der Waals surface area contributed by atoms with Gasteiger partial charge in [0.05, 0.1) is 6.04 Å². The summed E-state index contributed by atoms with van der Waals surface area (Å²) in [7, 11) is 1.85. The van der Waals surface area contributed by atoms with Crippen molar-refractivity contribution in [3.8, 4) is 0 Å². The molecule has 0 aliphatic carbocycles. The second kappa shape index (κ2) is 7.31. The number of para-hydroxylation sites is 3. The highest BCUT2D eigenvalue weighted by Gasteiger charge is 2.71. The molecule has 4 aromatic rings. The van der Waals surface area contributed by atoms with Crippen molar-refractivity contribution >= 4 is 28.9 Å². The monoisotopic (exact) mass is 471 g/mol. The lowest BCUT2D eigenvalue weighted by atomic mass is 9.69. The molecule has 0 radical (unpaired) electrons. The van der Waals surface area contributed by atoms with Gasteiger partial charge in [0.25, 0.3) is 5.91 Å². The number of nitrogens with zero attached hydrogens (tertiary/aromatic N) is 2. The highest BCUT2D eigenvalue weighted by molar-refractivity contribution is 6.14. The van der Waals surface area contributed by atoms with E-state index in [-0.39, 0.29) is 11.8 Å². The number of carbonyl (C=O) groups excluding carboxylic acids is 2. The Balaban J connectivity index is 1.61. The van der Waals surface area contributed by atoms with Crippen LogP contribution in [0, 0.1) is 0 Å². The van der Waals surface area contributed by atoms with Crippen molar-refractivity contribution in [3.05, 3.63) is 126 Å². The van der Waals surface area contributed by atoms with E-state index in [0.717, 1.165) is 33.8 Å². The van der Waals surface area contributed by atoms with Crippen molar-refractivity contribution in [2.75, 3.05) is 22.2 Å². The Morgan fingerprint density at radius 3 is 2.11 bits per heavy atom. The van der Waals surface area contributed by atoms with Gasteiger partial charge in [-0.2, -0.15) is 0 Å². The molecule has 0 saturated carbocycles. The minimum absolute atomic E-state index is 0.0209. The molecule has 5 heteroatoms. The molecule has 176 valence electrons. The van der Waals surface area contributed by atoms with Gasteiger partial charge in [-0.25, -0.2) is 0 Å². The van der Waals surface area contributed by atoms with E-state index in [4.69, 9.17) is 0 Å². The normalized spacial score (nSPS) is 26.0. The second-order valence-corrected chi connectivity index (χ2v) is 9.91. The van der Waals surface area contributed by atoms with E-state index < -0.39 is 17.0 Å². The first-order chi connectivity index (χ1) is 17.6. The molecule has 7 rings (SSSR count). The molecule has 3 aliphatic rings. The molecule has 1 fully saturated rings. The quantitative estimate of drug-likeness (QED) is 0.426. The zero-order chi connectivity index (χ0) is 24.5. The van der Waals surface area contributed by atoms with Crippen LogP contribution in [0.5, 0.6) is 0 Å². The summed E-state index contributed by atoms with van der Waals surface area (Å²) in [5.74, 6) is -0.0715. The van der Waals surface area contributed by atoms with Gasteiger partial charge in [-0.1, -0.05) is 84.9 Å². The fourth-order valence-electron chi connectivity index (χ4n) is 6.87. The number of rotatable bonds is 2. The van der Waals surface area contributed by atoms with Crippen LogP contribution in [0.2, 0.25) is 0 Å². The maximum absolute atomic E-state index is 14.5. The first-order valence-electron chi connectivity index (χ1n) is 12.3. The predicted octanol–water partition coefficient (Wildman–Crippen LogP) is 5.40. The van der Waals surface area contributed by atoms with Crippen LogP contribution in [0.3, 0.4) is 0 Å². The third kappa shape index (κ3) is 2.44. The molecule has 0 aromatic heterocycles. The van der Waals surface area contributed by atoms with Gasteiger partial charge in [-0.15, -0.1) is 0 Å². The van der Waals surface area contributed by atoms with E-state index in [1.54, 1.807) is 4.90 Å². The first kappa shape index (κ1) is 20.9. The van der Waals surface area contributed by atoms with Gasteiger partial charge in [0.15, 0.2) is 0 Å². The van der Waals surface area contributed by atoms with Gasteiger partial charge in [0.1, 0.15) is 11.0 Å². The summed E-state index contributed by atoms with van der Waals surface area (Å²) in [5.41, 5.74) is 3.52. The first-order valence-corrected chi connectivity index (χ1v) is 12.3. The molecular formula is C31H25N3O2. The Labute approximate surface area is 210 Å². The Morgan fingerprint density at radius 1 is 0.750 bits per heavy atom. The molecule has 2 spiro atoms. The maximum atomic E-state index is 14.5. The number of hydrogen-bond donors (Lipinski definition) is 1. The van der Waals surface area contributed by atoms with Gasteiger partial charge < -0.3 is 15.1 Å². The summed E-state index contributed by atoms with van der Waals surface area (Å²) < 4.78 is 0. The van der Waals surface area contributed by atoms with Crippen LogP contribution in [0.25, 0.3) is 0 Å². The molecule has 3 atom stereocenters. The molecule has 0 unspecified atom stereocenters. The van der Waals surface area contributed by atoms with Crippen molar-refractivity contribution in [2.45, 2.75) is 23.4 Å². The van der Waals surface area contributed by atoms with Crippen LogP contribution in [0.15, 0.2) is 109 Å². The van der Waals surface area contributed by atoms with Crippen LogP contribution in [0.4, 0.5) is 17.1 Å². The average molecular weight is 472 g/mol. The van der Waals surface area contributed by atoms with E-state index >= 15 is 0 Å². The van der Waals surface area contributed by atoms with Crippen LogP contribution in [-0.2, 0) is 20.5 Å². The minimum Gasteiger partial charge on any atom is -0.345 e. The molecule has 4 aromatic carbocycles. The Hall–Kier alpha value is -4.38. The summed E-state index contributed by atoms with van der Waals surface area (Å²) >= 11 is 0. The van der Waals surface area contributed by atoms with Gasteiger partial charge in [0.2, 0.25) is 5.91 Å². The number of benzene rings is 4. The van der Waals surface area contributed by atoms with Gasteiger partial charge in [0, 0.05) is 36.1 Å². The second-order valence-electron chi connectivity index (χ2n) is 9.91. The molecule has 5 nitrogen and oxygen atoms in total. The fourth-order valence-corrected chi connectivity index (χ4v) is 6.87. The van der Waals surface area contributed by atoms with E-state index in [1.807, 2.05) is 98.0 Å². The lowest BCUT2D eigenvalue weighted by molar-refractivity contribution is -0.124. The average Bonchev–Trinajstić information content (AvgIpc) is 3.48. The van der Waals surface area contributed by atoms with Crippen LogP contribution < -0.4 is 15.1 Å². The third-order valence-corrected chi connectivity index (χ3v) is 8.25. The van der Waals surface area contributed by atoms with E-state index in [9.17, 15) is 9.59 Å². The Bertz CT molecular complexity index is 1520. The highest BCUT2D eigenvalue weighted by atomic mass is 16.2. The van der Waals surface area contributed by atoms with Crippen molar-refractivity contribution < 1.29 is 9.59 Å². The van der Waals surface area contributed by atoms with Crippen molar-refractivity contribution in [1.82, 2.24) is 0 Å². The topological polar surface area (TPSA) is 52.7 Å². The lowest BCUT2D eigenvalue weighted by Crippen LogP contribution is -2.48. The smallest absolute Gasteiger partial charge is 0.255 e. The molecule has 3 heterocycles. The number of nitrogens with one attached hydrogen (secondary N) is 1. The van der Waals surface area contributed by atoms with E-state index in [1.165, 1.54) is 0 Å². The zero-order valence-electron chi connectivity index (χ0n) is 19.9. The summed E-state index contributed by atoms with van der Waals surface area (Å²) in [6.07, 6.45) is 0.345. The largest absolute Gasteiger partial charge is 0.345 e. The van der Waals surface area contributed by atoms with Crippen LogP contribution in [0.1, 0.15) is 29.2 Å². The van der Waals surface area contributed by atoms with Crippen LogP contribution >= 0.6 is 0 Å².